The fourth-order valence-corrected chi connectivity index (χ4v) is 4.23. The molecule has 0 unspecified atom stereocenters. The number of hydrogen-bond acceptors (Lipinski definition) is 3. The van der Waals surface area contributed by atoms with Crippen molar-refractivity contribution in [1.29, 1.82) is 0 Å². The number of carbonyl (C=O) groups is 1. The van der Waals surface area contributed by atoms with Crippen LogP contribution < -0.4 is 5.32 Å². The van der Waals surface area contributed by atoms with Crippen molar-refractivity contribution in [1.82, 2.24) is 4.31 Å². The van der Waals surface area contributed by atoms with Crippen molar-refractivity contribution in [3.63, 3.8) is 0 Å². The van der Waals surface area contributed by atoms with Crippen molar-refractivity contribution < 1.29 is 26.4 Å². The van der Waals surface area contributed by atoms with Crippen LogP contribution in [0.3, 0.4) is 0 Å². The second kappa shape index (κ2) is 9.51. The lowest BCUT2D eigenvalue weighted by molar-refractivity contribution is -0.116. The molecule has 162 valence electrons. The maximum Gasteiger partial charge on any atom is 0.243 e. The van der Waals surface area contributed by atoms with Gasteiger partial charge in [-0.1, -0.05) is 23.7 Å². The Morgan fingerprint density at radius 1 is 0.903 bits per heavy atom. The van der Waals surface area contributed by atoms with Crippen molar-refractivity contribution >= 4 is 33.2 Å². The van der Waals surface area contributed by atoms with E-state index < -0.39 is 45.6 Å². The van der Waals surface area contributed by atoms with Crippen LogP contribution in [-0.4, -0.2) is 25.2 Å². The summed E-state index contributed by atoms with van der Waals surface area (Å²) in [5.41, 5.74) is -0.000650. The minimum Gasteiger partial charge on any atom is -0.322 e. The number of amides is 1. The van der Waals surface area contributed by atoms with Gasteiger partial charge in [0.2, 0.25) is 15.9 Å². The van der Waals surface area contributed by atoms with Gasteiger partial charge in [-0.3, -0.25) is 4.79 Å². The minimum absolute atomic E-state index is 0.122. The Morgan fingerprint density at radius 3 is 2.16 bits per heavy atom. The summed E-state index contributed by atoms with van der Waals surface area (Å²) in [6.07, 6.45) is 0. The number of halogens is 4. The van der Waals surface area contributed by atoms with Gasteiger partial charge in [0, 0.05) is 17.6 Å². The Balaban J connectivity index is 1.89. The largest absolute Gasteiger partial charge is 0.322 e. The van der Waals surface area contributed by atoms with Gasteiger partial charge in [-0.15, -0.1) is 0 Å². The number of rotatable bonds is 7. The van der Waals surface area contributed by atoms with E-state index in [2.05, 4.69) is 5.32 Å². The Hall–Kier alpha value is -2.88. The predicted molar refractivity (Wildman–Crippen MR) is 110 cm³/mol. The van der Waals surface area contributed by atoms with E-state index in [0.717, 1.165) is 34.6 Å². The quantitative estimate of drug-likeness (QED) is 0.551. The van der Waals surface area contributed by atoms with Gasteiger partial charge in [-0.05, 0) is 54.1 Å². The average Bonchev–Trinajstić information content (AvgIpc) is 2.72. The first-order valence-electron chi connectivity index (χ1n) is 8.90. The number of sulfonamides is 1. The molecule has 1 N–H and O–H groups in total. The first-order valence-corrected chi connectivity index (χ1v) is 10.7. The van der Waals surface area contributed by atoms with Gasteiger partial charge in [0.1, 0.15) is 17.5 Å². The summed E-state index contributed by atoms with van der Waals surface area (Å²) in [4.78, 5) is 12.4. The summed E-state index contributed by atoms with van der Waals surface area (Å²) in [5, 5.41) is 2.49. The molecule has 3 aromatic carbocycles. The Bertz CT molecular complexity index is 1190. The first-order chi connectivity index (χ1) is 14.6. The number of benzene rings is 3. The third kappa shape index (κ3) is 5.84. The van der Waals surface area contributed by atoms with Crippen LogP contribution in [0.15, 0.2) is 71.6 Å². The third-order valence-corrected chi connectivity index (χ3v) is 6.30. The maximum absolute atomic E-state index is 13.8. The summed E-state index contributed by atoms with van der Waals surface area (Å²) < 4.78 is 67.5. The highest BCUT2D eigenvalue weighted by Gasteiger charge is 2.27. The van der Waals surface area contributed by atoms with Gasteiger partial charge in [-0.25, -0.2) is 21.6 Å². The second-order valence-electron chi connectivity index (χ2n) is 6.53. The van der Waals surface area contributed by atoms with Gasteiger partial charge in [0.15, 0.2) is 0 Å². The molecule has 0 aliphatic rings. The topological polar surface area (TPSA) is 66.5 Å². The van der Waals surface area contributed by atoms with E-state index in [1.807, 2.05) is 0 Å². The van der Waals surface area contributed by atoms with Crippen molar-refractivity contribution in [2.24, 2.45) is 0 Å². The van der Waals surface area contributed by atoms with Crippen LogP contribution in [-0.2, 0) is 21.4 Å². The van der Waals surface area contributed by atoms with Gasteiger partial charge in [0.05, 0.1) is 17.1 Å². The lowest BCUT2D eigenvalue weighted by Crippen LogP contribution is -2.37. The molecule has 0 bridgehead atoms. The smallest absolute Gasteiger partial charge is 0.243 e. The van der Waals surface area contributed by atoms with Crippen LogP contribution in [0.25, 0.3) is 0 Å². The molecule has 0 radical (unpaired) electrons. The Morgan fingerprint density at radius 2 is 1.52 bits per heavy atom. The molecular weight excluding hydrogens is 453 g/mol. The van der Waals surface area contributed by atoms with E-state index in [4.69, 9.17) is 11.6 Å². The van der Waals surface area contributed by atoms with E-state index in [-0.39, 0.29) is 11.4 Å². The van der Waals surface area contributed by atoms with Gasteiger partial charge >= 0.3 is 0 Å². The molecule has 0 saturated heterocycles. The van der Waals surface area contributed by atoms with Crippen LogP contribution >= 0.6 is 11.6 Å². The van der Waals surface area contributed by atoms with Crippen LogP contribution in [0.2, 0.25) is 5.02 Å². The van der Waals surface area contributed by atoms with Crippen molar-refractivity contribution in [2.75, 3.05) is 11.9 Å². The zero-order chi connectivity index (χ0) is 22.6. The zero-order valence-corrected chi connectivity index (χ0v) is 17.4. The van der Waals surface area contributed by atoms with E-state index >= 15 is 0 Å². The number of hydrogen-bond donors (Lipinski definition) is 1. The molecule has 0 atom stereocenters. The fraction of sp³-hybridized carbons (Fsp3) is 0.0952. The molecule has 0 spiro atoms. The molecule has 0 fully saturated rings. The summed E-state index contributed by atoms with van der Waals surface area (Å²) in [5.74, 6) is -3.03. The number of nitrogens with zero attached hydrogens (tertiary/aromatic N) is 1. The Labute approximate surface area is 182 Å². The molecule has 0 aliphatic heterocycles. The normalized spacial score (nSPS) is 11.5. The summed E-state index contributed by atoms with van der Waals surface area (Å²) in [6, 6.07) is 12.9. The maximum atomic E-state index is 13.8. The lowest BCUT2D eigenvalue weighted by atomic mass is 10.2. The standard InChI is InChI=1S/C21H16ClF3N2O3S/c22-15-3-8-18(9-4-15)31(29,30)27(12-14-1-5-16(23)6-2-14)13-21(28)26-20-11-17(24)7-10-19(20)25/h1-11H,12-13H2,(H,26,28). The van der Waals surface area contributed by atoms with Crippen molar-refractivity contribution in [3.05, 3.63) is 94.8 Å². The number of nitrogens with one attached hydrogen (secondary N) is 1. The van der Waals surface area contributed by atoms with E-state index in [9.17, 15) is 26.4 Å². The van der Waals surface area contributed by atoms with Crippen molar-refractivity contribution in [3.8, 4) is 0 Å². The predicted octanol–water partition coefficient (Wildman–Crippen LogP) is 4.59. The monoisotopic (exact) mass is 468 g/mol. The highest BCUT2D eigenvalue weighted by Crippen LogP contribution is 2.21. The third-order valence-electron chi connectivity index (χ3n) is 4.25. The second-order valence-corrected chi connectivity index (χ2v) is 8.90. The van der Waals surface area contributed by atoms with E-state index in [1.165, 1.54) is 36.4 Å². The highest BCUT2D eigenvalue weighted by molar-refractivity contribution is 7.89. The van der Waals surface area contributed by atoms with Crippen LogP contribution in [0.4, 0.5) is 18.9 Å². The van der Waals surface area contributed by atoms with Crippen LogP contribution in [0.1, 0.15) is 5.56 Å². The van der Waals surface area contributed by atoms with Gasteiger partial charge in [-0.2, -0.15) is 4.31 Å². The molecule has 0 aliphatic carbocycles. The molecule has 31 heavy (non-hydrogen) atoms. The molecule has 0 aromatic heterocycles. The molecule has 10 heteroatoms. The average molecular weight is 469 g/mol. The molecule has 5 nitrogen and oxygen atoms in total. The van der Waals surface area contributed by atoms with Crippen LogP contribution in [0, 0.1) is 17.5 Å². The van der Waals surface area contributed by atoms with Gasteiger partial charge in [0.25, 0.3) is 0 Å². The molecule has 0 heterocycles. The minimum atomic E-state index is -4.18. The Kier molecular flexibility index (Phi) is 6.99. The molecule has 3 rings (SSSR count). The molecule has 3 aromatic rings. The van der Waals surface area contributed by atoms with Gasteiger partial charge < -0.3 is 5.32 Å². The summed E-state index contributed by atoms with van der Waals surface area (Å²) >= 11 is 5.81. The van der Waals surface area contributed by atoms with E-state index in [0.29, 0.717) is 10.6 Å². The molecular formula is C21H16ClF3N2O3S. The zero-order valence-electron chi connectivity index (χ0n) is 15.9. The highest BCUT2D eigenvalue weighted by atomic mass is 35.5. The molecule has 0 saturated carbocycles. The summed E-state index contributed by atoms with van der Waals surface area (Å²) in [6.45, 7) is -0.956. The fourth-order valence-electron chi connectivity index (χ4n) is 2.72. The number of anilines is 1. The number of carbonyl (C=O) groups excluding carboxylic acids is 1. The van der Waals surface area contributed by atoms with Crippen LogP contribution in [0.5, 0.6) is 0 Å². The lowest BCUT2D eigenvalue weighted by Gasteiger charge is -2.22. The first kappa shape index (κ1) is 22.8. The SMILES string of the molecule is O=C(CN(Cc1ccc(F)cc1)S(=O)(=O)c1ccc(Cl)cc1)Nc1cc(F)ccc1F. The summed E-state index contributed by atoms with van der Waals surface area (Å²) in [7, 11) is -4.18. The van der Waals surface area contributed by atoms with E-state index in [1.54, 1.807) is 0 Å². The molecule has 1 amide bonds. The van der Waals surface area contributed by atoms with Crippen molar-refractivity contribution in [2.45, 2.75) is 11.4 Å².